The zero-order valence-electron chi connectivity index (χ0n) is 12.4. The van der Waals surface area contributed by atoms with Crippen LogP contribution in [-0.4, -0.2) is 33.7 Å². The number of carbonyl (C=O) groups is 1. The molecule has 23 heavy (non-hydrogen) atoms. The van der Waals surface area contributed by atoms with E-state index in [2.05, 4.69) is 16.3 Å². The first-order chi connectivity index (χ1) is 11.2. The van der Waals surface area contributed by atoms with E-state index < -0.39 is 0 Å². The van der Waals surface area contributed by atoms with Crippen LogP contribution >= 0.6 is 0 Å². The van der Waals surface area contributed by atoms with Crippen LogP contribution in [-0.2, 0) is 16.7 Å². The van der Waals surface area contributed by atoms with Gasteiger partial charge in [-0.25, -0.2) is 4.79 Å². The van der Waals surface area contributed by atoms with Crippen molar-refractivity contribution in [2.75, 3.05) is 11.4 Å². The van der Waals surface area contributed by atoms with Gasteiger partial charge in [0.1, 0.15) is 6.10 Å². The van der Waals surface area contributed by atoms with Crippen LogP contribution in [0.15, 0.2) is 36.7 Å². The van der Waals surface area contributed by atoms with Gasteiger partial charge < -0.3 is 4.74 Å². The largest absolute Gasteiger partial charge is 0.442 e. The number of carbonyl (C=O) groups excluding carboxylic acids is 1. The van der Waals surface area contributed by atoms with Crippen molar-refractivity contribution in [2.45, 2.75) is 30.9 Å². The summed E-state index contributed by atoms with van der Waals surface area (Å²) >= 11 is 0. The Hall–Kier alpha value is -2.88. The van der Waals surface area contributed by atoms with Crippen LogP contribution in [0.2, 0.25) is 0 Å². The van der Waals surface area contributed by atoms with Crippen molar-refractivity contribution in [3.05, 3.63) is 42.2 Å². The van der Waals surface area contributed by atoms with Gasteiger partial charge in [0.2, 0.25) is 0 Å². The van der Waals surface area contributed by atoms with Crippen LogP contribution in [0, 0.1) is 11.3 Å². The van der Waals surface area contributed by atoms with E-state index in [9.17, 15) is 10.1 Å². The molecular formula is C16H15N5O2. The summed E-state index contributed by atoms with van der Waals surface area (Å²) in [6.07, 6.45) is 4.37. The SMILES string of the molecule is N#CC1(c2ccc(N3CC(Cn4nccn4)OC3=O)cc2)CC1. The number of hydrogen-bond donors (Lipinski definition) is 0. The van der Waals surface area contributed by atoms with E-state index in [1.165, 1.54) is 4.80 Å². The quantitative estimate of drug-likeness (QED) is 0.860. The summed E-state index contributed by atoms with van der Waals surface area (Å²) in [6, 6.07) is 9.99. The number of nitriles is 1. The third-order valence-electron chi connectivity index (χ3n) is 4.40. The van der Waals surface area contributed by atoms with Gasteiger partial charge in [-0.15, -0.1) is 0 Å². The van der Waals surface area contributed by atoms with Crippen LogP contribution in [0.5, 0.6) is 0 Å². The van der Waals surface area contributed by atoms with Crippen LogP contribution in [0.25, 0.3) is 0 Å². The predicted octanol–water partition coefficient (Wildman–Crippen LogP) is 1.86. The molecule has 1 saturated carbocycles. The van der Waals surface area contributed by atoms with Gasteiger partial charge in [0, 0.05) is 5.69 Å². The number of hydrogen-bond acceptors (Lipinski definition) is 5. The molecule has 7 nitrogen and oxygen atoms in total. The fourth-order valence-corrected chi connectivity index (χ4v) is 2.90. The van der Waals surface area contributed by atoms with E-state index in [-0.39, 0.29) is 17.6 Å². The molecule has 0 N–H and O–H groups in total. The Morgan fingerprint density at radius 3 is 2.57 bits per heavy atom. The fraction of sp³-hybridized carbons (Fsp3) is 0.375. The maximum Gasteiger partial charge on any atom is 0.414 e. The smallest absolute Gasteiger partial charge is 0.414 e. The molecule has 116 valence electrons. The van der Waals surface area contributed by atoms with Gasteiger partial charge >= 0.3 is 6.09 Å². The average Bonchev–Trinajstić information content (AvgIpc) is 3.05. The standard InChI is InChI=1S/C16H15N5O2/c17-11-16(5-6-16)12-1-3-13(4-2-12)20-9-14(23-15(20)22)10-21-18-7-8-19-21/h1-4,7-8,14H,5-6,9-10H2. The monoisotopic (exact) mass is 309 g/mol. The van der Waals surface area contributed by atoms with Crippen LogP contribution in [0.1, 0.15) is 18.4 Å². The van der Waals surface area contributed by atoms with Gasteiger partial charge in [-0.1, -0.05) is 12.1 Å². The molecule has 1 saturated heterocycles. The Bertz CT molecular complexity index is 759. The minimum atomic E-state index is -0.365. The number of amides is 1. The zero-order chi connectivity index (χ0) is 15.9. The molecule has 0 bridgehead atoms. The highest BCUT2D eigenvalue weighted by Gasteiger charge is 2.45. The predicted molar refractivity (Wildman–Crippen MR) is 80.6 cm³/mol. The molecule has 2 aliphatic rings. The molecule has 1 amide bonds. The van der Waals surface area contributed by atoms with E-state index in [4.69, 9.17) is 4.74 Å². The van der Waals surface area contributed by atoms with Crippen molar-refractivity contribution >= 4 is 11.8 Å². The molecule has 1 aliphatic heterocycles. The molecule has 2 aromatic rings. The molecule has 1 aromatic carbocycles. The highest BCUT2D eigenvalue weighted by atomic mass is 16.6. The summed E-state index contributed by atoms with van der Waals surface area (Å²) in [5.74, 6) is 0. The van der Waals surface area contributed by atoms with Gasteiger partial charge in [-0.2, -0.15) is 20.3 Å². The number of cyclic esters (lactones) is 1. The van der Waals surface area contributed by atoms with E-state index in [1.54, 1.807) is 17.3 Å². The molecule has 1 unspecified atom stereocenters. The van der Waals surface area contributed by atoms with Crippen LogP contribution in [0.3, 0.4) is 0 Å². The minimum absolute atomic E-state index is 0.275. The molecule has 2 heterocycles. The second-order valence-electron chi connectivity index (χ2n) is 5.94. The van der Waals surface area contributed by atoms with E-state index in [1.807, 2.05) is 24.3 Å². The summed E-state index contributed by atoms with van der Waals surface area (Å²) in [7, 11) is 0. The lowest BCUT2D eigenvalue weighted by Gasteiger charge is -2.14. The minimum Gasteiger partial charge on any atom is -0.442 e. The van der Waals surface area contributed by atoms with Crippen LogP contribution < -0.4 is 4.90 Å². The number of anilines is 1. The van der Waals surface area contributed by atoms with Crippen molar-refractivity contribution in [2.24, 2.45) is 0 Å². The second kappa shape index (κ2) is 5.09. The Balaban J connectivity index is 1.48. The Kier molecular flexibility index (Phi) is 3.05. The van der Waals surface area contributed by atoms with Gasteiger partial charge in [0.15, 0.2) is 0 Å². The summed E-state index contributed by atoms with van der Waals surface area (Å²) in [5, 5.41) is 17.3. The van der Waals surface area contributed by atoms with Crippen molar-refractivity contribution in [3.8, 4) is 6.07 Å². The number of aromatic nitrogens is 3. The Morgan fingerprint density at radius 1 is 1.26 bits per heavy atom. The number of ether oxygens (including phenoxy) is 1. The van der Waals surface area contributed by atoms with E-state index >= 15 is 0 Å². The third kappa shape index (κ3) is 2.42. The highest BCUT2D eigenvalue weighted by Crippen LogP contribution is 2.47. The van der Waals surface area contributed by atoms with Gasteiger partial charge in [-0.3, -0.25) is 4.90 Å². The van der Waals surface area contributed by atoms with Gasteiger partial charge in [0.05, 0.1) is 37.0 Å². The zero-order valence-corrected chi connectivity index (χ0v) is 12.4. The lowest BCUT2D eigenvalue weighted by molar-refractivity contribution is 0.126. The molecule has 4 rings (SSSR count). The van der Waals surface area contributed by atoms with Crippen molar-refractivity contribution < 1.29 is 9.53 Å². The van der Waals surface area contributed by atoms with Gasteiger partial charge in [-0.05, 0) is 30.5 Å². The fourth-order valence-electron chi connectivity index (χ4n) is 2.90. The molecule has 7 heteroatoms. The molecule has 1 aliphatic carbocycles. The van der Waals surface area contributed by atoms with Crippen LogP contribution in [0.4, 0.5) is 10.5 Å². The van der Waals surface area contributed by atoms with E-state index in [0.29, 0.717) is 13.1 Å². The number of benzene rings is 1. The summed E-state index contributed by atoms with van der Waals surface area (Å²) in [4.78, 5) is 15.2. The summed E-state index contributed by atoms with van der Waals surface area (Å²) in [6.45, 7) is 0.897. The van der Waals surface area contributed by atoms with Crippen molar-refractivity contribution in [1.29, 1.82) is 5.26 Å². The molecular weight excluding hydrogens is 294 g/mol. The lowest BCUT2D eigenvalue weighted by atomic mass is 9.97. The highest BCUT2D eigenvalue weighted by molar-refractivity contribution is 5.89. The van der Waals surface area contributed by atoms with E-state index in [0.717, 1.165) is 24.1 Å². The van der Waals surface area contributed by atoms with Gasteiger partial charge in [0.25, 0.3) is 0 Å². The first kappa shape index (κ1) is 13.8. The summed E-state index contributed by atoms with van der Waals surface area (Å²) in [5.41, 5.74) is 1.50. The van der Waals surface area contributed by atoms with Crippen molar-refractivity contribution in [1.82, 2.24) is 15.0 Å². The molecule has 1 aromatic heterocycles. The lowest BCUT2D eigenvalue weighted by Crippen LogP contribution is -2.26. The average molecular weight is 309 g/mol. The molecule has 0 radical (unpaired) electrons. The Morgan fingerprint density at radius 2 is 1.96 bits per heavy atom. The number of rotatable bonds is 4. The second-order valence-corrected chi connectivity index (χ2v) is 5.94. The first-order valence-electron chi connectivity index (χ1n) is 7.54. The normalized spacial score (nSPS) is 21.8. The Labute approximate surface area is 133 Å². The molecule has 2 fully saturated rings. The first-order valence-corrected chi connectivity index (χ1v) is 7.54. The molecule has 1 atom stereocenters. The number of nitrogens with zero attached hydrogens (tertiary/aromatic N) is 5. The maximum absolute atomic E-state index is 12.1. The molecule has 0 spiro atoms. The topological polar surface area (TPSA) is 84.0 Å². The third-order valence-corrected chi connectivity index (χ3v) is 4.40. The van der Waals surface area contributed by atoms with Crippen molar-refractivity contribution in [3.63, 3.8) is 0 Å². The summed E-state index contributed by atoms with van der Waals surface area (Å²) < 4.78 is 5.37. The maximum atomic E-state index is 12.1.